The number of anilines is 1. The summed E-state index contributed by atoms with van der Waals surface area (Å²) in [6.07, 6.45) is 0. The number of nitro groups is 1. The van der Waals surface area contributed by atoms with Crippen LogP contribution in [0.4, 0.5) is 11.4 Å². The summed E-state index contributed by atoms with van der Waals surface area (Å²) < 4.78 is 0.903. The van der Waals surface area contributed by atoms with Crippen LogP contribution in [0.15, 0.2) is 72.8 Å². The summed E-state index contributed by atoms with van der Waals surface area (Å²) in [6.45, 7) is 0. The lowest BCUT2D eigenvalue weighted by atomic mass is 10.2. The van der Waals surface area contributed by atoms with E-state index in [2.05, 4.69) is 16.2 Å². The molecule has 0 fully saturated rings. The molecule has 0 saturated heterocycles. The second-order valence-electron chi connectivity index (χ2n) is 6.99. The first kappa shape index (κ1) is 22.9. The molecule has 1 heterocycles. The third-order valence-corrected chi connectivity index (χ3v) is 6.45. The molecule has 3 amide bonds. The van der Waals surface area contributed by atoms with Crippen molar-refractivity contribution in [1.29, 1.82) is 0 Å². The highest BCUT2D eigenvalue weighted by atomic mass is 35.5. The number of halogens is 1. The molecular weight excluding hydrogens is 480 g/mol. The number of hydrogen-bond acceptors (Lipinski definition) is 6. The van der Waals surface area contributed by atoms with Crippen molar-refractivity contribution in [2.45, 2.75) is 0 Å². The van der Waals surface area contributed by atoms with E-state index in [9.17, 15) is 24.5 Å². The van der Waals surface area contributed by atoms with Crippen LogP contribution in [-0.2, 0) is 0 Å². The minimum atomic E-state index is -0.632. The Morgan fingerprint density at radius 2 is 1.35 bits per heavy atom. The first-order valence-corrected chi connectivity index (χ1v) is 11.0. The van der Waals surface area contributed by atoms with Gasteiger partial charge in [-0.3, -0.25) is 35.3 Å². The molecule has 170 valence electrons. The van der Waals surface area contributed by atoms with Crippen molar-refractivity contribution in [3.05, 3.63) is 104 Å². The average molecular weight is 495 g/mol. The summed E-state index contributed by atoms with van der Waals surface area (Å²) in [6, 6.07) is 18.4. The maximum absolute atomic E-state index is 12.6. The lowest BCUT2D eigenvalue weighted by Gasteiger charge is -2.09. The number of non-ortho nitro benzene ring substituents is 1. The molecule has 11 heteroatoms. The highest BCUT2D eigenvalue weighted by Crippen LogP contribution is 2.35. The zero-order chi connectivity index (χ0) is 24.2. The van der Waals surface area contributed by atoms with Crippen molar-refractivity contribution in [2.75, 3.05) is 5.32 Å². The first-order valence-electron chi connectivity index (χ1n) is 9.77. The van der Waals surface area contributed by atoms with Crippen LogP contribution < -0.4 is 16.2 Å². The Morgan fingerprint density at radius 3 is 1.91 bits per heavy atom. The third kappa shape index (κ3) is 4.87. The topological polar surface area (TPSA) is 130 Å². The number of carbonyl (C=O) groups excluding carboxylic acids is 3. The molecule has 9 nitrogen and oxygen atoms in total. The number of hydrazine groups is 1. The predicted molar refractivity (Wildman–Crippen MR) is 129 cm³/mol. The van der Waals surface area contributed by atoms with E-state index in [1.54, 1.807) is 12.1 Å². The average Bonchev–Trinajstić information content (AvgIpc) is 3.19. The van der Waals surface area contributed by atoms with E-state index in [1.165, 1.54) is 47.7 Å². The molecule has 0 aliphatic carbocycles. The van der Waals surface area contributed by atoms with Gasteiger partial charge in [0.25, 0.3) is 23.4 Å². The monoisotopic (exact) mass is 494 g/mol. The van der Waals surface area contributed by atoms with Gasteiger partial charge in [-0.05, 0) is 42.5 Å². The molecule has 0 aliphatic rings. The Balaban J connectivity index is 1.35. The van der Waals surface area contributed by atoms with Gasteiger partial charge in [-0.25, -0.2) is 0 Å². The number of nitro benzene ring substituents is 1. The Morgan fingerprint density at radius 1 is 0.794 bits per heavy atom. The minimum Gasteiger partial charge on any atom is -0.321 e. The summed E-state index contributed by atoms with van der Waals surface area (Å²) in [5, 5.41) is 14.6. The Labute approximate surface area is 201 Å². The molecule has 4 rings (SSSR count). The van der Waals surface area contributed by atoms with Gasteiger partial charge in [-0.2, -0.15) is 0 Å². The van der Waals surface area contributed by atoms with E-state index in [0.717, 1.165) is 10.1 Å². The zero-order valence-corrected chi connectivity index (χ0v) is 18.8. The number of thiophene rings is 1. The lowest BCUT2D eigenvalue weighted by molar-refractivity contribution is -0.384. The molecule has 34 heavy (non-hydrogen) atoms. The van der Waals surface area contributed by atoms with Crippen LogP contribution in [0.3, 0.4) is 0 Å². The molecule has 0 spiro atoms. The standard InChI is InChI=1S/C23H15ClN4O5S/c24-19-17-3-1-2-4-18(17)34-20(19)23(31)25-15-9-5-13(6-10-15)21(29)26-27-22(30)14-7-11-16(12-8-14)28(32)33/h1-12H,(H,25,31)(H,26,29)(H,27,30). The molecule has 4 aromatic rings. The van der Waals surface area contributed by atoms with Crippen LogP contribution in [0.2, 0.25) is 5.02 Å². The minimum absolute atomic E-state index is 0.142. The fraction of sp³-hybridized carbons (Fsp3) is 0. The molecule has 1 aromatic heterocycles. The number of rotatable bonds is 5. The number of nitrogens with zero attached hydrogens (tertiary/aromatic N) is 1. The molecule has 0 aliphatic heterocycles. The largest absolute Gasteiger partial charge is 0.321 e. The van der Waals surface area contributed by atoms with E-state index >= 15 is 0 Å². The van der Waals surface area contributed by atoms with Crippen LogP contribution in [0, 0.1) is 10.1 Å². The van der Waals surface area contributed by atoms with Gasteiger partial charge in [0.1, 0.15) is 4.88 Å². The maximum atomic E-state index is 12.6. The van der Waals surface area contributed by atoms with Gasteiger partial charge in [-0.15, -0.1) is 11.3 Å². The summed E-state index contributed by atoms with van der Waals surface area (Å²) in [7, 11) is 0. The van der Waals surface area contributed by atoms with Gasteiger partial charge in [0, 0.05) is 39.0 Å². The van der Waals surface area contributed by atoms with E-state index in [-0.39, 0.29) is 22.7 Å². The lowest BCUT2D eigenvalue weighted by Crippen LogP contribution is -2.41. The van der Waals surface area contributed by atoms with Crippen LogP contribution in [0.1, 0.15) is 30.4 Å². The Kier molecular flexibility index (Phi) is 6.53. The van der Waals surface area contributed by atoms with Crippen molar-refractivity contribution >= 4 is 62.1 Å². The quantitative estimate of drug-likeness (QED) is 0.271. The van der Waals surface area contributed by atoms with Crippen LogP contribution in [-0.4, -0.2) is 22.6 Å². The maximum Gasteiger partial charge on any atom is 0.269 e. The van der Waals surface area contributed by atoms with Gasteiger partial charge in [-0.1, -0.05) is 29.8 Å². The van der Waals surface area contributed by atoms with Crippen molar-refractivity contribution in [3.63, 3.8) is 0 Å². The molecule has 3 aromatic carbocycles. The number of amides is 3. The fourth-order valence-electron chi connectivity index (χ4n) is 3.05. The molecule has 0 atom stereocenters. The van der Waals surface area contributed by atoms with Crippen LogP contribution in [0.25, 0.3) is 10.1 Å². The Hall–Kier alpha value is -4.28. The number of hydrogen-bond donors (Lipinski definition) is 3. The van der Waals surface area contributed by atoms with Gasteiger partial charge < -0.3 is 5.32 Å². The molecule has 0 bridgehead atoms. The van der Waals surface area contributed by atoms with Gasteiger partial charge in [0.15, 0.2) is 0 Å². The number of fused-ring (bicyclic) bond motifs is 1. The molecule has 0 saturated carbocycles. The van der Waals surface area contributed by atoms with Gasteiger partial charge >= 0.3 is 0 Å². The second-order valence-corrected chi connectivity index (χ2v) is 8.42. The van der Waals surface area contributed by atoms with Crippen molar-refractivity contribution in [3.8, 4) is 0 Å². The van der Waals surface area contributed by atoms with E-state index in [1.807, 2.05) is 24.3 Å². The first-order chi connectivity index (χ1) is 16.3. The second kappa shape index (κ2) is 9.69. The van der Waals surface area contributed by atoms with Crippen molar-refractivity contribution in [1.82, 2.24) is 10.9 Å². The number of carbonyl (C=O) groups is 3. The number of nitrogens with one attached hydrogen (secondary N) is 3. The number of benzene rings is 3. The normalized spacial score (nSPS) is 10.5. The smallest absolute Gasteiger partial charge is 0.269 e. The van der Waals surface area contributed by atoms with E-state index < -0.39 is 16.7 Å². The summed E-state index contributed by atoms with van der Waals surface area (Å²) in [4.78, 5) is 47.6. The summed E-state index contributed by atoms with van der Waals surface area (Å²) in [5.74, 6) is -1.58. The van der Waals surface area contributed by atoms with Crippen LogP contribution in [0.5, 0.6) is 0 Å². The summed E-state index contributed by atoms with van der Waals surface area (Å²) in [5.41, 5.74) is 5.20. The fourth-order valence-corrected chi connectivity index (χ4v) is 4.46. The molecular formula is C23H15ClN4O5S. The van der Waals surface area contributed by atoms with E-state index in [4.69, 9.17) is 11.6 Å². The summed E-state index contributed by atoms with van der Waals surface area (Å²) >= 11 is 7.63. The molecule has 0 unspecified atom stereocenters. The zero-order valence-electron chi connectivity index (χ0n) is 17.2. The molecule has 0 radical (unpaired) electrons. The third-order valence-electron chi connectivity index (χ3n) is 4.78. The van der Waals surface area contributed by atoms with Crippen molar-refractivity contribution in [2.24, 2.45) is 0 Å². The van der Waals surface area contributed by atoms with E-state index in [0.29, 0.717) is 15.6 Å². The Bertz CT molecular complexity index is 1420. The van der Waals surface area contributed by atoms with Gasteiger partial charge in [0.2, 0.25) is 0 Å². The predicted octanol–water partition coefficient (Wildman–Crippen LogP) is 4.79. The van der Waals surface area contributed by atoms with Gasteiger partial charge in [0.05, 0.1) is 9.95 Å². The molecule has 3 N–H and O–H groups in total. The highest BCUT2D eigenvalue weighted by Gasteiger charge is 2.17. The van der Waals surface area contributed by atoms with Crippen molar-refractivity contribution < 1.29 is 19.3 Å². The highest BCUT2D eigenvalue weighted by molar-refractivity contribution is 7.21. The SMILES string of the molecule is O=C(NNC(=O)c1ccc([N+](=O)[O-])cc1)c1ccc(NC(=O)c2sc3ccccc3c2Cl)cc1. The van der Waals surface area contributed by atoms with Crippen LogP contribution >= 0.6 is 22.9 Å².